The predicted octanol–water partition coefficient (Wildman–Crippen LogP) is 3.04. The van der Waals surface area contributed by atoms with Crippen LogP contribution in [0.25, 0.3) is 0 Å². The van der Waals surface area contributed by atoms with E-state index in [9.17, 15) is 18.0 Å². The summed E-state index contributed by atoms with van der Waals surface area (Å²) in [6.07, 6.45) is 0.302. The molecule has 2 saturated carbocycles. The topological polar surface area (TPSA) is 41.1 Å². The number of amides is 1. The first-order chi connectivity index (χ1) is 9.91. The first kappa shape index (κ1) is 17.9. The minimum Gasteiger partial charge on any atom is -0.353 e. The average Bonchev–Trinajstić information content (AvgIpc) is 3.12. The molecule has 1 saturated heterocycles. The van der Waals surface area contributed by atoms with Gasteiger partial charge in [-0.15, -0.1) is 12.4 Å². The van der Waals surface area contributed by atoms with Crippen LogP contribution in [0, 0.1) is 17.3 Å². The second-order valence-electron chi connectivity index (χ2n) is 6.98. The molecule has 3 rings (SSSR count). The third-order valence-corrected chi connectivity index (χ3v) is 5.59. The Labute approximate surface area is 135 Å². The fourth-order valence-electron chi connectivity index (χ4n) is 4.12. The quantitative estimate of drug-likeness (QED) is 0.811. The third-order valence-electron chi connectivity index (χ3n) is 5.59. The summed E-state index contributed by atoms with van der Waals surface area (Å²) in [5.74, 6) is -1.22. The van der Waals surface area contributed by atoms with E-state index in [-0.39, 0.29) is 48.5 Å². The Morgan fingerprint density at radius 2 is 1.86 bits per heavy atom. The fourth-order valence-corrected chi connectivity index (χ4v) is 4.12. The monoisotopic (exact) mass is 340 g/mol. The van der Waals surface area contributed by atoms with Crippen LogP contribution in [0.15, 0.2) is 0 Å². The van der Waals surface area contributed by atoms with Crippen molar-refractivity contribution in [3.8, 4) is 0 Å². The van der Waals surface area contributed by atoms with E-state index in [1.54, 1.807) is 0 Å². The molecule has 1 aliphatic heterocycles. The van der Waals surface area contributed by atoms with Crippen molar-refractivity contribution in [1.29, 1.82) is 0 Å². The van der Waals surface area contributed by atoms with Gasteiger partial charge in [-0.2, -0.15) is 13.2 Å². The minimum atomic E-state index is -4.13. The number of hydrogen-bond donors (Lipinski definition) is 2. The molecular formula is C15H24ClF3N2O. The van der Waals surface area contributed by atoms with Gasteiger partial charge in [-0.05, 0) is 57.0 Å². The van der Waals surface area contributed by atoms with Crippen LogP contribution in [0.1, 0.15) is 44.9 Å². The summed E-state index contributed by atoms with van der Waals surface area (Å²) in [4.78, 5) is 12.3. The second kappa shape index (κ2) is 6.56. The van der Waals surface area contributed by atoms with Crippen LogP contribution < -0.4 is 10.6 Å². The van der Waals surface area contributed by atoms with Crippen molar-refractivity contribution in [3.63, 3.8) is 0 Å². The van der Waals surface area contributed by atoms with Crippen LogP contribution in [0.4, 0.5) is 13.2 Å². The Morgan fingerprint density at radius 1 is 1.18 bits per heavy atom. The first-order valence-corrected chi connectivity index (χ1v) is 7.98. The lowest BCUT2D eigenvalue weighted by Gasteiger charge is -2.31. The summed E-state index contributed by atoms with van der Waals surface area (Å²) in [7, 11) is 0. The van der Waals surface area contributed by atoms with E-state index >= 15 is 0 Å². The number of carbonyl (C=O) groups is 1. The maximum atomic E-state index is 12.8. The highest BCUT2D eigenvalue weighted by molar-refractivity contribution is 5.85. The molecule has 1 amide bonds. The van der Waals surface area contributed by atoms with Crippen molar-refractivity contribution in [1.82, 2.24) is 10.6 Å². The van der Waals surface area contributed by atoms with Gasteiger partial charge in [-0.1, -0.05) is 6.42 Å². The summed E-state index contributed by atoms with van der Waals surface area (Å²) in [5, 5.41) is 6.18. The Hall–Kier alpha value is -0.490. The molecule has 0 bridgehead atoms. The number of piperidine rings is 1. The molecule has 0 aromatic rings. The van der Waals surface area contributed by atoms with Crippen molar-refractivity contribution in [2.45, 2.75) is 57.2 Å². The highest BCUT2D eigenvalue weighted by Crippen LogP contribution is 2.58. The lowest BCUT2D eigenvalue weighted by atomic mass is 9.85. The summed E-state index contributed by atoms with van der Waals surface area (Å²) in [5.41, 5.74) is 0.146. The molecule has 3 unspecified atom stereocenters. The van der Waals surface area contributed by atoms with Gasteiger partial charge in [0, 0.05) is 12.0 Å². The van der Waals surface area contributed by atoms with E-state index in [0.717, 1.165) is 32.4 Å². The van der Waals surface area contributed by atoms with Crippen LogP contribution in [0.5, 0.6) is 0 Å². The van der Waals surface area contributed by atoms with Crippen LogP contribution in [-0.2, 0) is 4.79 Å². The van der Waals surface area contributed by atoms with E-state index in [1.807, 2.05) is 0 Å². The lowest BCUT2D eigenvalue weighted by Crippen LogP contribution is -2.43. The Morgan fingerprint density at radius 3 is 2.50 bits per heavy atom. The van der Waals surface area contributed by atoms with Gasteiger partial charge in [0.15, 0.2) is 0 Å². The van der Waals surface area contributed by atoms with Crippen LogP contribution in [0.3, 0.4) is 0 Å². The van der Waals surface area contributed by atoms with Gasteiger partial charge in [0.1, 0.15) is 0 Å². The van der Waals surface area contributed by atoms with Crippen molar-refractivity contribution < 1.29 is 18.0 Å². The molecule has 0 aromatic heterocycles. The van der Waals surface area contributed by atoms with Gasteiger partial charge in [0.2, 0.25) is 5.91 Å². The average molecular weight is 341 g/mol. The van der Waals surface area contributed by atoms with Crippen LogP contribution >= 0.6 is 12.4 Å². The van der Waals surface area contributed by atoms with Gasteiger partial charge in [-0.3, -0.25) is 4.79 Å². The Kier molecular flexibility index (Phi) is 5.32. The normalized spacial score (nSPS) is 33.9. The summed E-state index contributed by atoms with van der Waals surface area (Å²) in [6.45, 7) is 1.90. The van der Waals surface area contributed by atoms with Crippen LogP contribution in [0.2, 0.25) is 0 Å². The van der Waals surface area contributed by atoms with Gasteiger partial charge in [-0.25, -0.2) is 0 Å². The molecule has 3 fully saturated rings. The summed E-state index contributed by atoms with van der Waals surface area (Å²) in [6, 6.07) is -0.294. The van der Waals surface area contributed by atoms with Crippen molar-refractivity contribution in [2.24, 2.45) is 17.3 Å². The van der Waals surface area contributed by atoms with Crippen molar-refractivity contribution >= 4 is 18.3 Å². The highest BCUT2D eigenvalue weighted by atomic mass is 35.5. The zero-order chi connectivity index (χ0) is 15.1. The molecule has 128 valence electrons. The molecule has 2 N–H and O–H groups in total. The maximum absolute atomic E-state index is 12.8. The number of nitrogens with one attached hydrogen (secondary N) is 2. The van der Waals surface area contributed by atoms with E-state index in [2.05, 4.69) is 10.6 Å². The molecule has 7 heteroatoms. The van der Waals surface area contributed by atoms with Crippen molar-refractivity contribution in [3.05, 3.63) is 0 Å². The molecule has 22 heavy (non-hydrogen) atoms. The molecule has 3 aliphatic rings. The molecule has 3 nitrogen and oxygen atoms in total. The maximum Gasteiger partial charge on any atom is 0.391 e. The molecule has 1 heterocycles. The van der Waals surface area contributed by atoms with Crippen molar-refractivity contribution in [2.75, 3.05) is 13.1 Å². The molecular weight excluding hydrogens is 317 g/mol. The molecule has 0 aromatic carbocycles. The first-order valence-electron chi connectivity index (χ1n) is 7.98. The number of rotatable bonds is 2. The standard InChI is InChI=1S/C15H23F3N2O.ClH/c16-15(17,18)10-2-1-3-11(8-10)20-13(21)12-9-14(12)4-6-19-7-5-14;/h10-12,19H,1-9H2,(H,20,21);1H. The lowest BCUT2D eigenvalue weighted by molar-refractivity contribution is -0.184. The largest absolute Gasteiger partial charge is 0.391 e. The third kappa shape index (κ3) is 3.70. The van der Waals surface area contributed by atoms with E-state index in [1.165, 1.54) is 0 Å². The fraction of sp³-hybridized carbons (Fsp3) is 0.933. The summed E-state index contributed by atoms with van der Waals surface area (Å²) < 4.78 is 38.4. The highest BCUT2D eigenvalue weighted by Gasteiger charge is 2.57. The molecule has 0 radical (unpaired) electrons. The number of halogens is 4. The predicted molar refractivity (Wildman–Crippen MR) is 79.8 cm³/mol. The number of alkyl halides is 3. The van der Waals surface area contributed by atoms with Gasteiger partial charge in [0.05, 0.1) is 5.92 Å². The smallest absolute Gasteiger partial charge is 0.353 e. The van der Waals surface area contributed by atoms with E-state index in [0.29, 0.717) is 12.8 Å². The zero-order valence-corrected chi connectivity index (χ0v) is 13.4. The van der Waals surface area contributed by atoms with E-state index in [4.69, 9.17) is 0 Å². The Balaban J connectivity index is 0.00000176. The van der Waals surface area contributed by atoms with Crippen LogP contribution in [-0.4, -0.2) is 31.2 Å². The van der Waals surface area contributed by atoms with Gasteiger partial charge >= 0.3 is 6.18 Å². The van der Waals surface area contributed by atoms with Gasteiger partial charge < -0.3 is 10.6 Å². The summed E-state index contributed by atoms with van der Waals surface area (Å²) >= 11 is 0. The Bertz CT molecular complexity index is 410. The molecule has 2 aliphatic carbocycles. The number of carbonyl (C=O) groups excluding carboxylic acids is 1. The van der Waals surface area contributed by atoms with Gasteiger partial charge in [0.25, 0.3) is 0 Å². The zero-order valence-electron chi connectivity index (χ0n) is 12.5. The number of hydrogen-bond acceptors (Lipinski definition) is 2. The minimum absolute atomic E-state index is 0. The van der Waals surface area contributed by atoms with E-state index < -0.39 is 12.1 Å². The molecule has 1 spiro atoms. The second-order valence-corrected chi connectivity index (χ2v) is 6.98. The SMILES string of the molecule is Cl.O=C(NC1CCCC(C(F)(F)F)C1)C1CC12CCNCC2. The molecule has 3 atom stereocenters.